The van der Waals surface area contributed by atoms with Gasteiger partial charge in [0.2, 0.25) is 0 Å². The fourth-order valence-corrected chi connectivity index (χ4v) is 2.73. The van der Waals surface area contributed by atoms with Crippen LogP contribution in [0.25, 0.3) is 0 Å². The summed E-state index contributed by atoms with van der Waals surface area (Å²) in [7, 11) is 0. The highest BCUT2D eigenvalue weighted by Crippen LogP contribution is 2.37. The Kier molecular flexibility index (Phi) is 2.82. The minimum atomic E-state index is -0.0414. The van der Waals surface area contributed by atoms with Crippen LogP contribution in [0.5, 0.6) is 0 Å². The van der Waals surface area contributed by atoms with Gasteiger partial charge >= 0.3 is 0 Å². The van der Waals surface area contributed by atoms with E-state index in [1.54, 1.807) is 0 Å². The third kappa shape index (κ3) is 2.35. The van der Waals surface area contributed by atoms with Gasteiger partial charge in [-0.05, 0) is 27.7 Å². The fraction of sp³-hybridized carbons (Fsp3) is 1.00. The van der Waals surface area contributed by atoms with Crippen molar-refractivity contribution in [2.45, 2.75) is 63.9 Å². The molecule has 0 amide bonds. The van der Waals surface area contributed by atoms with Crippen LogP contribution in [0.3, 0.4) is 0 Å². The van der Waals surface area contributed by atoms with Crippen LogP contribution in [0.15, 0.2) is 0 Å². The summed E-state index contributed by atoms with van der Waals surface area (Å²) in [5.74, 6) is 0. The van der Waals surface area contributed by atoms with Gasteiger partial charge in [-0.25, -0.2) is 0 Å². The second-order valence-electron chi connectivity index (χ2n) is 5.71. The maximum atomic E-state index is 6.22. The molecule has 15 heavy (non-hydrogen) atoms. The lowest BCUT2D eigenvalue weighted by atomic mass is 9.82. The third-order valence-electron chi connectivity index (χ3n) is 3.68. The van der Waals surface area contributed by atoms with Gasteiger partial charge in [-0.2, -0.15) is 0 Å². The van der Waals surface area contributed by atoms with Crippen molar-refractivity contribution in [2.24, 2.45) is 0 Å². The molecule has 0 bridgehead atoms. The van der Waals surface area contributed by atoms with Gasteiger partial charge in [-0.1, -0.05) is 0 Å². The first kappa shape index (κ1) is 11.4. The maximum Gasteiger partial charge on any atom is 0.0859 e. The Bertz CT molecular complexity index is 242. The van der Waals surface area contributed by atoms with E-state index in [0.29, 0.717) is 12.1 Å². The molecule has 2 heterocycles. The lowest BCUT2D eigenvalue weighted by Crippen LogP contribution is -2.61. The van der Waals surface area contributed by atoms with Crippen LogP contribution >= 0.6 is 0 Å². The van der Waals surface area contributed by atoms with Gasteiger partial charge in [0.15, 0.2) is 0 Å². The van der Waals surface area contributed by atoms with Crippen LogP contribution in [0.2, 0.25) is 0 Å². The number of hydrogen-bond acceptors (Lipinski definition) is 3. The van der Waals surface area contributed by atoms with E-state index in [4.69, 9.17) is 9.47 Å². The monoisotopic (exact) mass is 213 g/mol. The van der Waals surface area contributed by atoms with E-state index in [9.17, 15) is 0 Å². The van der Waals surface area contributed by atoms with Crippen LogP contribution in [0.4, 0.5) is 0 Å². The second kappa shape index (κ2) is 3.72. The Morgan fingerprint density at radius 2 is 2.00 bits per heavy atom. The van der Waals surface area contributed by atoms with Gasteiger partial charge in [0, 0.05) is 25.4 Å². The molecule has 1 N–H and O–H groups in total. The normalized spacial score (nSPS) is 45.6. The minimum Gasteiger partial charge on any atom is -0.375 e. The predicted molar refractivity (Wildman–Crippen MR) is 60.0 cm³/mol. The molecule has 3 unspecified atom stereocenters. The maximum absolute atomic E-state index is 6.22. The highest BCUT2D eigenvalue weighted by atomic mass is 16.5. The van der Waals surface area contributed by atoms with Crippen LogP contribution in [-0.2, 0) is 9.47 Å². The number of hydrogen-bond donors (Lipinski definition) is 1. The Labute approximate surface area is 92.5 Å². The molecule has 0 saturated carbocycles. The Morgan fingerprint density at radius 3 is 2.60 bits per heavy atom. The van der Waals surface area contributed by atoms with Gasteiger partial charge in [-0.3, -0.25) is 0 Å². The van der Waals surface area contributed by atoms with Gasteiger partial charge in [0.25, 0.3) is 0 Å². The van der Waals surface area contributed by atoms with Crippen molar-refractivity contribution < 1.29 is 9.47 Å². The van der Waals surface area contributed by atoms with Crippen LogP contribution < -0.4 is 5.32 Å². The molecule has 2 saturated heterocycles. The summed E-state index contributed by atoms with van der Waals surface area (Å²) >= 11 is 0. The molecule has 88 valence electrons. The summed E-state index contributed by atoms with van der Waals surface area (Å²) in [5, 5.41) is 3.55. The molecule has 1 spiro atoms. The van der Waals surface area contributed by atoms with Crippen LogP contribution in [0, 0.1) is 0 Å². The number of rotatable bonds is 0. The first-order valence-electron chi connectivity index (χ1n) is 5.98. The van der Waals surface area contributed by atoms with Gasteiger partial charge in [0.1, 0.15) is 0 Å². The summed E-state index contributed by atoms with van der Waals surface area (Å²) in [6.07, 6.45) is 2.30. The molecule has 2 fully saturated rings. The number of ether oxygens (including phenoxy) is 2. The average molecular weight is 213 g/mol. The Balaban J connectivity index is 2.07. The molecule has 3 atom stereocenters. The fourth-order valence-electron chi connectivity index (χ4n) is 2.73. The molecule has 3 heteroatoms. The standard InChI is InChI=1S/C12H23NO2/c1-9-10(2)15-12(8-13-9)5-6-14-11(3,4)7-12/h9-10,13H,5-8H2,1-4H3. The van der Waals surface area contributed by atoms with Crippen molar-refractivity contribution in [1.82, 2.24) is 5.32 Å². The van der Waals surface area contributed by atoms with Crippen molar-refractivity contribution >= 4 is 0 Å². The van der Waals surface area contributed by atoms with Crippen molar-refractivity contribution in [3.63, 3.8) is 0 Å². The summed E-state index contributed by atoms with van der Waals surface area (Å²) in [4.78, 5) is 0. The quantitative estimate of drug-likeness (QED) is 0.664. The molecule has 0 radical (unpaired) electrons. The Morgan fingerprint density at radius 1 is 1.27 bits per heavy atom. The van der Waals surface area contributed by atoms with E-state index in [0.717, 1.165) is 26.0 Å². The molecule has 2 aliphatic rings. The molecule has 0 aromatic rings. The minimum absolute atomic E-state index is 0.00762. The van der Waals surface area contributed by atoms with Crippen LogP contribution in [0.1, 0.15) is 40.5 Å². The molecular formula is C12H23NO2. The van der Waals surface area contributed by atoms with E-state index >= 15 is 0 Å². The molecule has 0 aliphatic carbocycles. The third-order valence-corrected chi connectivity index (χ3v) is 3.68. The zero-order valence-electron chi connectivity index (χ0n) is 10.3. The Hall–Kier alpha value is -0.120. The predicted octanol–water partition coefficient (Wildman–Crippen LogP) is 1.71. The zero-order chi connectivity index (χ0) is 11.1. The van der Waals surface area contributed by atoms with Crippen molar-refractivity contribution in [2.75, 3.05) is 13.2 Å². The SMILES string of the molecule is CC1NCC2(CCOC(C)(C)C2)OC1C. The molecule has 2 rings (SSSR count). The number of morpholine rings is 1. The second-order valence-corrected chi connectivity index (χ2v) is 5.71. The molecule has 0 aromatic carbocycles. The van der Waals surface area contributed by atoms with Crippen molar-refractivity contribution in [1.29, 1.82) is 0 Å². The molecule has 3 nitrogen and oxygen atoms in total. The summed E-state index contributed by atoms with van der Waals surface area (Å²) in [6.45, 7) is 10.4. The molecule has 0 aromatic heterocycles. The smallest absolute Gasteiger partial charge is 0.0859 e. The van der Waals surface area contributed by atoms with Crippen molar-refractivity contribution in [3.05, 3.63) is 0 Å². The van der Waals surface area contributed by atoms with Gasteiger partial charge in [0.05, 0.1) is 23.9 Å². The van der Waals surface area contributed by atoms with E-state index in [1.165, 1.54) is 0 Å². The van der Waals surface area contributed by atoms with E-state index in [1.807, 2.05) is 0 Å². The van der Waals surface area contributed by atoms with E-state index < -0.39 is 0 Å². The topological polar surface area (TPSA) is 30.5 Å². The highest BCUT2D eigenvalue weighted by Gasteiger charge is 2.45. The van der Waals surface area contributed by atoms with Gasteiger partial charge in [-0.15, -0.1) is 0 Å². The summed E-state index contributed by atoms with van der Waals surface area (Å²) < 4.78 is 12.0. The molecular weight excluding hydrogens is 190 g/mol. The number of nitrogens with one attached hydrogen (secondary N) is 1. The zero-order valence-corrected chi connectivity index (χ0v) is 10.3. The largest absolute Gasteiger partial charge is 0.375 e. The average Bonchev–Trinajstić information content (AvgIpc) is 2.10. The van der Waals surface area contributed by atoms with E-state index in [-0.39, 0.29) is 11.2 Å². The van der Waals surface area contributed by atoms with E-state index in [2.05, 4.69) is 33.0 Å². The summed E-state index contributed by atoms with van der Waals surface area (Å²) in [5.41, 5.74) is -0.0338. The first-order chi connectivity index (χ1) is 6.93. The molecule has 2 aliphatic heterocycles. The van der Waals surface area contributed by atoms with Gasteiger partial charge < -0.3 is 14.8 Å². The first-order valence-corrected chi connectivity index (χ1v) is 5.98. The summed E-state index contributed by atoms with van der Waals surface area (Å²) in [6, 6.07) is 0.460. The lowest BCUT2D eigenvalue weighted by molar-refractivity contribution is -0.204. The lowest BCUT2D eigenvalue weighted by Gasteiger charge is -2.50. The van der Waals surface area contributed by atoms with Crippen molar-refractivity contribution in [3.8, 4) is 0 Å². The van der Waals surface area contributed by atoms with Crippen LogP contribution in [-0.4, -0.2) is 36.5 Å². The highest BCUT2D eigenvalue weighted by molar-refractivity contribution is 4.98.